The third-order valence-electron chi connectivity index (χ3n) is 6.28. The zero-order valence-electron chi connectivity index (χ0n) is 18.0. The van der Waals surface area contributed by atoms with Gasteiger partial charge in [0, 0.05) is 25.7 Å². The van der Waals surface area contributed by atoms with Gasteiger partial charge in [0.05, 0.1) is 18.3 Å². The Morgan fingerprint density at radius 2 is 2.00 bits per heavy atom. The largest absolute Gasteiger partial charge is 0.393 e. The van der Waals surface area contributed by atoms with Crippen LogP contribution >= 0.6 is 0 Å². The van der Waals surface area contributed by atoms with Gasteiger partial charge in [-0.2, -0.15) is 0 Å². The molecule has 3 N–H and O–H groups in total. The maximum absolute atomic E-state index is 14.7. The van der Waals surface area contributed by atoms with E-state index in [2.05, 4.69) is 24.5 Å². The Kier molecular flexibility index (Phi) is 8.16. The van der Waals surface area contributed by atoms with E-state index in [9.17, 15) is 9.50 Å². The summed E-state index contributed by atoms with van der Waals surface area (Å²) in [6.45, 7) is 7.00. The SMILES string of the molecule is CCNC(=NCc1ccc(N2CCC(O)CC2)c(F)c1)NC1CCCC(CC)C1. The molecule has 1 aliphatic carbocycles. The summed E-state index contributed by atoms with van der Waals surface area (Å²) >= 11 is 0. The smallest absolute Gasteiger partial charge is 0.191 e. The highest BCUT2D eigenvalue weighted by Crippen LogP contribution is 2.27. The van der Waals surface area contributed by atoms with Crippen LogP contribution in [0, 0.1) is 11.7 Å². The van der Waals surface area contributed by atoms with Gasteiger partial charge in [-0.15, -0.1) is 0 Å². The lowest BCUT2D eigenvalue weighted by atomic mass is 9.84. The second kappa shape index (κ2) is 10.8. The molecular formula is C23H37FN4O. The van der Waals surface area contributed by atoms with Crippen molar-refractivity contribution in [3.05, 3.63) is 29.6 Å². The monoisotopic (exact) mass is 404 g/mol. The first-order chi connectivity index (χ1) is 14.1. The summed E-state index contributed by atoms with van der Waals surface area (Å²) in [6.07, 6.45) is 7.39. The van der Waals surface area contributed by atoms with E-state index in [0.717, 1.165) is 24.0 Å². The van der Waals surface area contributed by atoms with Gasteiger partial charge in [0.15, 0.2) is 5.96 Å². The maximum Gasteiger partial charge on any atom is 0.191 e. The lowest BCUT2D eigenvalue weighted by Gasteiger charge is -2.31. The van der Waals surface area contributed by atoms with Crippen LogP contribution in [0.4, 0.5) is 10.1 Å². The van der Waals surface area contributed by atoms with Gasteiger partial charge in [-0.05, 0) is 56.2 Å². The predicted molar refractivity (Wildman–Crippen MR) is 118 cm³/mol. The minimum Gasteiger partial charge on any atom is -0.393 e. The number of aliphatic hydroxyl groups is 1. The molecule has 1 heterocycles. The molecule has 5 nitrogen and oxygen atoms in total. The summed E-state index contributed by atoms with van der Waals surface area (Å²) in [5.74, 6) is 1.43. The van der Waals surface area contributed by atoms with Crippen LogP contribution in [0.1, 0.15) is 64.4 Å². The van der Waals surface area contributed by atoms with Crippen LogP contribution in [-0.2, 0) is 6.54 Å². The van der Waals surface area contributed by atoms with E-state index in [0.29, 0.717) is 44.2 Å². The van der Waals surface area contributed by atoms with E-state index >= 15 is 0 Å². The Hall–Kier alpha value is -1.82. The molecule has 0 radical (unpaired) electrons. The highest BCUT2D eigenvalue weighted by Gasteiger charge is 2.22. The van der Waals surface area contributed by atoms with Crippen LogP contribution in [0.15, 0.2) is 23.2 Å². The van der Waals surface area contributed by atoms with Gasteiger partial charge in [0.2, 0.25) is 0 Å². The summed E-state index contributed by atoms with van der Waals surface area (Å²) in [5, 5.41) is 16.6. The summed E-state index contributed by atoms with van der Waals surface area (Å²) in [5.41, 5.74) is 1.50. The average Bonchev–Trinajstić information content (AvgIpc) is 2.73. The highest BCUT2D eigenvalue weighted by atomic mass is 19.1. The number of guanidine groups is 1. The Bertz CT molecular complexity index is 673. The number of benzene rings is 1. The summed E-state index contributed by atoms with van der Waals surface area (Å²) in [6, 6.07) is 5.89. The molecule has 1 saturated heterocycles. The van der Waals surface area contributed by atoms with Gasteiger partial charge in [-0.25, -0.2) is 9.38 Å². The second-order valence-electron chi connectivity index (χ2n) is 8.48. The molecule has 2 fully saturated rings. The second-order valence-corrected chi connectivity index (χ2v) is 8.48. The number of hydrogen-bond acceptors (Lipinski definition) is 3. The number of rotatable bonds is 6. The number of anilines is 1. The van der Waals surface area contributed by atoms with Crippen molar-refractivity contribution in [2.75, 3.05) is 24.5 Å². The van der Waals surface area contributed by atoms with Crippen molar-refractivity contribution in [1.29, 1.82) is 0 Å². The van der Waals surface area contributed by atoms with Gasteiger partial charge in [-0.1, -0.05) is 32.3 Å². The third-order valence-corrected chi connectivity index (χ3v) is 6.28. The van der Waals surface area contributed by atoms with Crippen LogP contribution in [0.5, 0.6) is 0 Å². The molecule has 0 aromatic heterocycles. The van der Waals surface area contributed by atoms with Gasteiger partial charge >= 0.3 is 0 Å². The minimum atomic E-state index is -0.253. The first-order valence-electron chi connectivity index (χ1n) is 11.3. The fourth-order valence-electron chi connectivity index (χ4n) is 4.49. The van der Waals surface area contributed by atoms with Crippen LogP contribution in [-0.4, -0.2) is 42.8 Å². The van der Waals surface area contributed by atoms with E-state index in [4.69, 9.17) is 4.99 Å². The van der Waals surface area contributed by atoms with E-state index in [1.807, 2.05) is 17.0 Å². The van der Waals surface area contributed by atoms with Crippen LogP contribution in [0.2, 0.25) is 0 Å². The summed E-state index contributed by atoms with van der Waals surface area (Å²) in [4.78, 5) is 6.72. The normalized spacial score (nSPS) is 23.9. The van der Waals surface area contributed by atoms with Crippen molar-refractivity contribution in [3.63, 3.8) is 0 Å². The molecular weight excluding hydrogens is 367 g/mol. The maximum atomic E-state index is 14.7. The molecule has 162 valence electrons. The van der Waals surface area contributed by atoms with Crippen LogP contribution in [0.25, 0.3) is 0 Å². The van der Waals surface area contributed by atoms with Crippen molar-refractivity contribution >= 4 is 11.6 Å². The van der Waals surface area contributed by atoms with E-state index in [1.54, 1.807) is 6.07 Å². The number of aliphatic imine (C=N–C) groups is 1. The van der Waals surface area contributed by atoms with Crippen LogP contribution < -0.4 is 15.5 Å². The third kappa shape index (κ3) is 6.33. The van der Waals surface area contributed by atoms with Gasteiger partial charge < -0.3 is 20.6 Å². The van der Waals surface area contributed by atoms with Crippen molar-refractivity contribution in [1.82, 2.24) is 10.6 Å². The van der Waals surface area contributed by atoms with Gasteiger partial charge in [-0.3, -0.25) is 0 Å². The first kappa shape index (κ1) is 21.9. The van der Waals surface area contributed by atoms with Gasteiger partial charge in [0.25, 0.3) is 0 Å². The Balaban J connectivity index is 1.60. The molecule has 0 amide bonds. The van der Waals surface area contributed by atoms with E-state index in [-0.39, 0.29) is 11.9 Å². The zero-order chi connectivity index (χ0) is 20.6. The fraction of sp³-hybridized carbons (Fsp3) is 0.696. The summed E-state index contributed by atoms with van der Waals surface area (Å²) in [7, 11) is 0. The number of halogens is 1. The lowest BCUT2D eigenvalue weighted by Crippen LogP contribution is -2.45. The van der Waals surface area contributed by atoms with E-state index in [1.165, 1.54) is 32.1 Å². The van der Waals surface area contributed by atoms with Crippen molar-refractivity contribution < 1.29 is 9.50 Å². The summed E-state index contributed by atoms with van der Waals surface area (Å²) < 4.78 is 14.7. The molecule has 6 heteroatoms. The molecule has 2 atom stereocenters. The van der Waals surface area contributed by atoms with Crippen molar-refractivity contribution in [2.45, 2.75) is 77.5 Å². The Morgan fingerprint density at radius 3 is 2.69 bits per heavy atom. The topological polar surface area (TPSA) is 59.9 Å². The molecule has 3 rings (SSSR count). The molecule has 29 heavy (non-hydrogen) atoms. The molecule has 2 unspecified atom stereocenters. The fourth-order valence-corrected chi connectivity index (χ4v) is 4.49. The van der Waals surface area contributed by atoms with Gasteiger partial charge in [0.1, 0.15) is 5.82 Å². The average molecular weight is 405 g/mol. The predicted octanol–water partition coefficient (Wildman–Crippen LogP) is 3.81. The minimum absolute atomic E-state index is 0.204. The first-order valence-corrected chi connectivity index (χ1v) is 11.3. The number of nitrogens with zero attached hydrogens (tertiary/aromatic N) is 2. The van der Waals surface area contributed by atoms with E-state index < -0.39 is 0 Å². The zero-order valence-corrected chi connectivity index (χ0v) is 18.0. The Morgan fingerprint density at radius 1 is 1.21 bits per heavy atom. The molecule has 1 saturated carbocycles. The van der Waals surface area contributed by atoms with Crippen molar-refractivity contribution in [3.8, 4) is 0 Å². The number of piperidine rings is 1. The molecule has 1 aliphatic heterocycles. The highest BCUT2D eigenvalue weighted by molar-refractivity contribution is 5.80. The molecule has 0 bridgehead atoms. The number of aliphatic hydroxyl groups excluding tert-OH is 1. The molecule has 0 spiro atoms. The number of nitrogens with one attached hydrogen (secondary N) is 2. The quantitative estimate of drug-likeness (QED) is 0.498. The lowest BCUT2D eigenvalue weighted by molar-refractivity contribution is 0.145. The molecule has 1 aromatic rings. The standard InChI is InChI=1S/C23H37FN4O/c1-3-17-6-5-7-19(14-17)27-23(25-4-2)26-16-18-8-9-22(21(24)15-18)28-12-10-20(29)11-13-28/h8-9,15,17,19-20,29H,3-7,10-14,16H2,1-2H3,(H2,25,26,27). The van der Waals surface area contributed by atoms with Crippen LogP contribution in [0.3, 0.4) is 0 Å². The molecule has 2 aliphatic rings. The Labute approximate surface area is 174 Å². The van der Waals surface area contributed by atoms with Crippen molar-refractivity contribution in [2.24, 2.45) is 10.9 Å². The number of hydrogen-bond donors (Lipinski definition) is 3. The molecule has 1 aromatic carbocycles.